The lowest BCUT2D eigenvalue weighted by atomic mass is 9.93. The molecule has 0 aliphatic rings. The van der Waals surface area contributed by atoms with Crippen molar-refractivity contribution in [3.63, 3.8) is 0 Å². The zero-order valence-electron chi connectivity index (χ0n) is 12.1. The summed E-state index contributed by atoms with van der Waals surface area (Å²) in [5.74, 6) is 0.0534. The Hall–Kier alpha value is 0.0300. The van der Waals surface area contributed by atoms with E-state index < -0.39 is 0 Å². The van der Waals surface area contributed by atoms with Gasteiger partial charge in [0.1, 0.15) is 0 Å². The van der Waals surface area contributed by atoms with Gasteiger partial charge in [-0.3, -0.25) is 4.79 Å². The Morgan fingerprint density at radius 2 is 1.18 bits per heavy atom. The molecule has 0 radical (unpaired) electrons. The SMILES string of the molecule is Cc1cc(Br)c(CBr)c(C(=O)c2cc(C)cc(Br)c2CBr)c1. The lowest BCUT2D eigenvalue weighted by molar-refractivity contribution is 0.103. The van der Waals surface area contributed by atoms with Gasteiger partial charge in [-0.2, -0.15) is 0 Å². The minimum Gasteiger partial charge on any atom is -0.289 e. The first-order valence-corrected chi connectivity index (χ1v) is 10.5. The molecular weight excluding hydrogens is 540 g/mol. The molecule has 0 saturated heterocycles. The summed E-state index contributed by atoms with van der Waals surface area (Å²) in [6, 6.07) is 7.98. The summed E-state index contributed by atoms with van der Waals surface area (Å²) in [4.78, 5) is 13.1. The minimum absolute atomic E-state index is 0.0534. The Labute approximate surface area is 164 Å². The molecule has 0 saturated carbocycles. The van der Waals surface area contributed by atoms with Crippen molar-refractivity contribution in [1.29, 1.82) is 0 Å². The number of hydrogen-bond donors (Lipinski definition) is 0. The van der Waals surface area contributed by atoms with E-state index in [0.717, 1.165) is 42.3 Å². The van der Waals surface area contributed by atoms with Crippen LogP contribution in [-0.2, 0) is 10.7 Å². The van der Waals surface area contributed by atoms with E-state index in [4.69, 9.17) is 0 Å². The van der Waals surface area contributed by atoms with Crippen LogP contribution < -0.4 is 0 Å². The highest BCUT2D eigenvalue weighted by atomic mass is 79.9. The van der Waals surface area contributed by atoms with Gasteiger partial charge in [-0.15, -0.1) is 0 Å². The Bertz CT molecular complexity index is 676. The average Bonchev–Trinajstić information content (AvgIpc) is 2.45. The molecule has 0 fully saturated rings. The maximum Gasteiger partial charge on any atom is 0.193 e. The number of rotatable bonds is 4. The summed E-state index contributed by atoms with van der Waals surface area (Å²) in [5, 5.41) is 1.26. The van der Waals surface area contributed by atoms with E-state index in [1.807, 2.05) is 38.1 Å². The predicted molar refractivity (Wildman–Crippen MR) is 106 cm³/mol. The standard InChI is InChI=1S/C17H14Br4O/c1-9-3-11(13(7-18)15(20)5-9)17(22)12-4-10(2)6-16(21)14(12)8-19/h3-6H,7-8H2,1-2H3. The van der Waals surface area contributed by atoms with E-state index in [2.05, 4.69) is 63.7 Å². The smallest absolute Gasteiger partial charge is 0.193 e. The van der Waals surface area contributed by atoms with Crippen molar-refractivity contribution in [2.75, 3.05) is 0 Å². The van der Waals surface area contributed by atoms with E-state index in [0.29, 0.717) is 10.7 Å². The van der Waals surface area contributed by atoms with E-state index in [1.165, 1.54) is 0 Å². The van der Waals surface area contributed by atoms with E-state index in [-0.39, 0.29) is 5.78 Å². The summed E-state index contributed by atoms with van der Waals surface area (Å²) in [6.45, 7) is 3.99. The van der Waals surface area contributed by atoms with Crippen molar-refractivity contribution in [2.45, 2.75) is 24.5 Å². The number of carbonyl (C=O) groups excluding carboxylic acids is 1. The van der Waals surface area contributed by atoms with Crippen LogP contribution in [0.1, 0.15) is 38.2 Å². The lowest BCUT2D eigenvalue weighted by Gasteiger charge is -2.14. The molecule has 0 aromatic heterocycles. The molecular formula is C17H14Br4O. The van der Waals surface area contributed by atoms with Gasteiger partial charge in [0.05, 0.1) is 0 Å². The van der Waals surface area contributed by atoms with Crippen LogP contribution in [0.4, 0.5) is 0 Å². The van der Waals surface area contributed by atoms with E-state index in [9.17, 15) is 4.79 Å². The van der Waals surface area contributed by atoms with Crippen molar-refractivity contribution < 1.29 is 4.79 Å². The normalized spacial score (nSPS) is 10.8. The topological polar surface area (TPSA) is 17.1 Å². The molecule has 0 bridgehead atoms. The second kappa shape index (κ2) is 7.73. The van der Waals surface area contributed by atoms with Crippen molar-refractivity contribution in [3.05, 3.63) is 66.6 Å². The fourth-order valence-electron chi connectivity index (χ4n) is 2.37. The van der Waals surface area contributed by atoms with E-state index in [1.54, 1.807) is 0 Å². The maximum absolute atomic E-state index is 13.1. The van der Waals surface area contributed by atoms with Gasteiger partial charge >= 0.3 is 0 Å². The van der Waals surface area contributed by atoms with Gasteiger partial charge < -0.3 is 0 Å². The largest absolute Gasteiger partial charge is 0.289 e. The van der Waals surface area contributed by atoms with Gasteiger partial charge in [0.2, 0.25) is 0 Å². The Morgan fingerprint density at radius 1 is 0.818 bits per heavy atom. The van der Waals surface area contributed by atoms with Crippen LogP contribution in [0, 0.1) is 13.8 Å². The molecule has 0 aliphatic heterocycles. The molecule has 2 aromatic rings. The van der Waals surface area contributed by atoms with Crippen LogP contribution in [0.25, 0.3) is 0 Å². The van der Waals surface area contributed by atoms with Gasteiger partial charge in [-0.05, 0) is 60.4 Å². The molecule has 2 rings (SSSR count). The van der Waals surface area contributed by atoms with Gasteiger partial charge in [-0.1, -0.05) is 63.7 Å². The van der Waals surface area contributed by atoms with Crippen LogP contribution in [-0.4, -0.2) is 5.78 Å². The number of carbonyl (C=O) groups is 1. The molecule has 116 valence electrons. The monoisotopic (exact) mass is 550 g/mol. The summed E-state index contributed by atoms with van der Waals surface area (Å²) >= 11 is 14.1. The van der Waals surface area contributed by atoms with Crippen molar-refractivity contribution in [1.82, 2.24) is 0 Å². The molecule has 0 atom stereocenters. The fourth-order valence-corrected chi connectivity index (χ4v) is 5.76. The molecule has 0 spiro atoms. The number of aryl methyl sites for hydroxylation is 2. The van der Waals surface area contributed by atoms with Gasteiger partial charge in [0.25, 0.3) is 0 Å². The van der Waals surface area contributed by atoms with Crippen LogP contribution in [0.2, 0.25) is 0 Å². The number of benzene rings is 2. The molecule has 0 heterocycles. The van der Waals surface area contributed by atoms with Crippen LogP contribution in [0.3, 0.4) is 0 Å². The third-order valence-corrected chi connectivity index (χ3v) is 5.97. The number of ketones is 1. The van der Waals surface area contributed by atoms with Crippen molar-refractivity contribution in [3.8, 4) is 0 Å². The highest BCUT2D eigenvalue weighted by Gasteiger charge is 2.20. The first kappa shape index (κ1) is 18.4. The number of hydrogen-bond acceptors (Lipinski definition) is 1. The summed E-state index contributed by atoms with van der Waals surface area (Å²) in [7, 11) is 0. The third-order valence-electron chi connectivity index (χ3n) is 3.44. The van der Waals surface area contributed by atoms with Crippen molar-refractivity contribution >= 4 is 69.5 Å². The fraction of sp³-hybridized carbons (Fsp3) is 0.235. The molecule has 0 amide bonds. The Kier molecular flexibility index (Phi) is 6.46. The number of halogens is 4. The molecule has 0 N–H and O–H groups in total. The maximum atomic E-state index is 13.1. The summed E-state index contributed by atoms with van der Waals surface area (Å²) < 4.78 is 1.92. The highest BCUT2D eigenvalue weighted by Crippen LogP contribution is 2.31. The molecule has 0 unspecified atom stereocenters. The molecule has 1 nitrogen and oxygen atoms in total. The summed E-state index contributed by atoms with van der Waals surface area (Å²) in [5.41, 5.74) is 5.56. The predicted octanol–water partition coefficient (Wildman–Crippen LogP) is 6.85. The first-order valence-electron chi connectivity index (χ1n) is 6.63. The van der Waals surface area contributed by atoms with E-state index >= 15 is 0 Å². The summed E-state index contributed by atoms with van der Waals surface area (Å²) in [6.07, 6.45) is 0. The lowest BCUT2D eigenvalue weighted by Crippen LogP contribution is -2.09. The van der Waals surface area contributed by atoms with Gasteiger partial charge in [0.15, 0.2) is 5.78 Å². The highest BCUT2D eigenvalue weighted by molar-refractivity contribution is 9.11. The quantitative estimate of drug-likeness (QED) is 0.299. The van der Waals surface area contributed by atoms with Gasteiger partial charge in [-0.25, -0.2) is 0 Å². The number of alkyl halides is 2. The molecule has 0 aliphatic carbocycles. The van der Waals surface area contributed by atoms with Crippen LogP contribution >= 0.6 is 63.7 Å². The molecule has 22 heavy (non-hydrogen) atoms. The first-order chi connectivity index (χ1) is 10.4. The van der Waals surface area contributed by atoms with Gasteiger partial charge in [0, 0.05) is 30.7 Å². The van der Waals surface area contributed by atoms with Crippen LogP contribution in [0.5, 0.6) is 0 Å². The molecule has 2 aromatic carbocycles. The average molecular weight is 554 g/mol. The zero-order chi connectivity index (χ0) is 16.4. The van der Waals surface area contributed by atoms with Crippen molar-refractivity contribution in [2.24, 2.45) is 0 Å². The Balaban J connectivity index is 2.68. The third kappa shape index (κ3) is 3.74. The van der Waals surface area contributed by atoms with Crippen LogP contribution in [0.15, 0.2) is 33.2 Å². The Morgan fingerprint density at radius 3 is 1.50 bits per heavy atom. The molecule has 5 heteroatoms. The second-order valence-corrected chi connectivity index (χ2v) is 7.97. The second-order valence-electron chi connectivity index (χ2n) is 5.14. The minimum atomic E-state index is 0.0534. The zero-order valence-corrected chi connectivity index (χ0v) is 18.5.